The van der Waals surface area contributed by atoms with Gasteiger partial charge in [0, 0.05) is 18.4 Å². The van der Waals surface area contributed by atoms with E-state index in [1.54, 1.807) is 6.21 Å². The van der Waals surface area contributed by atoms with Gasteiger partial charge >= 0.3 is 0 Å². The molecule has 1 N–H and O–H groups in total. The molecule has 1 atom stereocenters. The fraction of sp³-hybridized carbons (Fsp3) is 0.429. The van der Waals surface area contributed by atoms with Crippen molar-refractivity contribution in [1.29, 1.82) is 0 Å². The lowest BCUT2D eigenvalue weighted by Crippen LogP contribution is -2.15. The molecule has 0 bridgehead atoms. The maximum Gasteiger partial charge on any atom is 0.237 e. The van der Waals surface area contributed by atoms with Gasteiger partial charge in [-0.05, 0) is 38.7 Å². The number of para-hydroxylation sites is 1. The number of benzene rings is 1. The lowest BCUT2D eigenvalue weighted by Gasteiger charge is -2.07. The van der Waals surface area contributed by atoms with Crippen molar-refractivity contribution in [2.45, 2.75) is 12.3 Å². The van der Waals surface area contributed by atoms with Gasteiger partial charge in [0.15, 0.2) is 0 Å². The fourth-order valence-electron chi connectivity index (χ4n) is 2.04. The third kappa shape index (κ3) is 2.96. The summed E-state index contributed by atoms with van der Waals surface area (Å²) in [6, 6.07) is 7.78. The van der Waals surface area contributed by atoms with E-state index in [-0.39, 0.29) is 11.8 Å². The van der Waals surface area contributed by atoms with Crippen molar-refractivity contribution in [1.82, 2.24) is 4.90 Å². The zero-order valence-corrected chi connectivity index (χ0v) is 10.9. The molecule has 0 spiro atoms. The van der Waals surface area contributed by atoms with Crippen molar-refractivity contribution in [3.63, 3.8) is 0 Å². The molecule has 4 heteroatoms. The van der Waals surface area contributed by atoms with Gasteiger partial charge in [0.05, 0.1) is 0 Å². The highest BCUT2D eigenvalue weighted by atomic mass is 16.2. The molecule has 96 valence electrons. The van der Waals surface area contributed by atoms with Gasteiger partial charge in [0.2, 0.25) is 5.91 Å². The summed E-state index contributed by atoms with van der Waals surface area (Å²) in [5.74, 6) is -0.201. The van der Waals surface area contributed by atoms with Crippen LogP contribution in [-0.2, 0) is 4.79 Å². The summed E-state index contributed by atoms with van der Waals surface area (Å²) >= 11 is 0. The monoisotopic (exact) mass is 245 g/mol. The molecule has 1 aromatic carbocycles. The van der Waals surface area contributed by atoms with Gasteiger partial charge in [0.25, 0.3) is 0 Å². The normalized spacial score (nSPS) is 18.4. The Morgan fingerprint density at radius 2 is 2.17 bits per heavy atom. The average Bonchev–Trinajstić information content (AvgIpc) is 2.65. The minimum atomic E-state index is -0.222. The van der Waals surface area contributed by atoms with E-state index >= 15 is 0 Å². The van der Waals surface area contributed by atoms with E-state index < -0.39 is 0 Å². The van der Waals surface area contributed by atoms with Crippen LogP contribution in [0.4, 0.5) is 5.69 Å². The smallest absolute Gasteiger partial charge is 0.237 e. The van der Waals surface area contributed by atoms with Crippen molar-refractivity contribution in [3.8, 4) is 0 Å². The van der Waals surface area contributed by atoms with Crippen molar-refractivity contribution < 1.29 is 4.79 Å². The number of anilines is 1. The molecule has 18 heavy (non-hydrogen) atoms. The van der Waals surface area contributed by atoms with Gasteiger partial charge in [-0.15, -0.1) is 0 Å². The van der Waals surface area contributed by atoms with Gasteiger partial charge in [-0.1, -0.05) is 18.2 Å². The number of carbonyl (C=O) groups excluding carboxylic acids is 1. The SMILES string of the molecule is CN(C)CCCN=CC1C(=O)Nc2ccccc21. The second-order valence-corrected chi connectivity index (χ2v) is 4.77. The standard InChI is InChI=1S/C14H19N3O/c1-17(2)9-5-8-15-10-12-11-6-3-4-7-13(11)16-14(12)18/h3-4,6-7,10,12H,5,8-9H2,1-2H3,(H,16,18). The summed E-state index contributed by atoms with van der Waals surface area (Å²) in [7, 11) is 4.09. The van der Waals surface area contributed by atoms with Crippen molar-refractivity contribution >= 4 is 17.8 Å². The topological polar surface area (TPSA) is 44.7 Å². The van der Waals surface area contributed by atoms with E-state index in [9.17, 15) is 4.79 Å². The molecule has 1 aliphatic rings. The van der Waals surface area contributed by atoms with Crippen molar-refractivity contribution in [3.05, 3.63) is 29.8 Å². The van der Waals surface area contributed by atoms with Gasteiger partial charge in [-0.25, -0.2) is 0 Å². The molecule has 0 aromatic heterocycles. The Labute approximate surface area is 108 Å². The number of fused-ring (bicyclic) bond motifs is 1. The molecule has 4 nitrogen and oxygen atoms in total. The van der Waals surface area contributed by atoms with Crippen molar-refractivity contribution in [2.75, 3.05) is 32.5 Å². The van der Waals surface area contributed by atoms with Crippen LogP contribution in [-0.4, -0.2) is 44.2 Å². The average molecular weight is 245 g/mol. The number of nitrogens with zero attached hydrogens (tertiary/aromatic N) is 2. The number of nitrogens with one attached hydrogen (secondary N) is 1. The number of hydrogen-bond acceptors (Lipinski definition) is 3. The first-order valence-corrected chi connectivity index (χ1v) is 6.23. The number of hydrogen-bond donors (Lipinski definition) is 1. The summed E-state index contributed by atoms with van der Waals surface area (Å²) in [4.78, 5) is 18.3. The van der Waals surface area contributed by atoms with Crippen LogP contribution in [0.3, 0.4) is 0 Å². The van der Waals surface area contributed by atoms with Crippen LogP contribution in [0.2, 0.25) is 0 Å². The fourth-order valence-corrected chi connectivity index (χ4v) is 2.04. The lowest BCUT2D eigenvalue weighted by molar-refractivity contribution is -0.115. The van der Waals surface area contributed by atoms with Crippen LogP contribution in [0.15, 0.2) is 29.3 Å². The van der Waals surface area contributed by atoms with Gasteiger partial charge in [-0.3, -0.25) is 9.79 Å². The molecule has 2 rings (SSSR count). The highest BCUT2D eigenvalue weighted by Gasteiger charge is 2.28. The molecule has 1 aromatic rings. The van der Waals surface area contributed by atoms with Crippen LogP contribution < -0.4 is 5.32 Å². The van der Waals surface area contributed by atoms with Crippen molar-refractivity contribution in [2.24, 2.45) is 4.99 Å². The second kappa shape index (κ2) is 5.78. The summed E-state index contributed by atoms with van der Waals surface area (Å²) in [6.45, 7) is 1.79. The molecule has 0 saturated carbocycles. The predicted octanol–water partition coefficient (Wildman–Crippen LogP) is 1.74. The summed E-state index contributed by atoms with van der Waals surface area (Å²) in [5.41, 5.74) is 1.94. The number of aliphatic imine (C=N–C) groups is 1. The molecule has 1 heterocycles. The van der Waals surface area contributed by atoms with E-state index in [1.165, 1.54) is 0 Å². The first kappa shape index (κ1) is 12.8. The minimum absolute atomic E-state index is 0.0209. The maximum absolute atomic E-state index is 11.8. The predicted molar refractivity (Wildman–Crippen MR) is 74.3 cm³/mol. The minimum Gasteiger partial charge on any atom is -0.325 e. The Bertz CT molecular complexity index is 454. The molecular formula is C14H19N3O. The third-order valence-electron chi connectivity index (χ3n) is 2.98. The highest BCUT2D eigenvalue weighted by molar-refractivity contribution is 6.12. The Kier molecular flexibility index (Phi) is 4.10. The Morgan fingerprint density at radius 3 is 2.94 bits per heavy atom. The van der Waals surface area contributed by atoms with E-state index in [0.29, 0.717) is 0 Å². The number of amides is 1. The summed E-state index contributed by atoms with van der Waals surface area (Å²) < 4.78 is 0. The third-order valence-corrected chi connectivity index (χ3v) is 2.98. The van der Waals surface area contributed by atoms with Gasteiger partial charge < -0.3 is 10.2 Å². The molecule has 0 aliphatic carbocycles. The first-order chi connectivity index (χ1) is 8.68. The summed E-state index contributed by atoms with van der Waals surface area (Å²) in [6.07, 6.45) is 2.79. The molecule has 0 saturated heterocycles. The lowest BCUT2D eigenvalue weighted by atomic mass is 10.0. The van der Waals surface area contributed by atoms with E-state index in [4.69, 9.17) is 0 Å². The largest absolute Gasteiger partial charge is 0.325 e. The molecule has 1 amide bonds. The zero-order valence-electron chi connectivity index (χ0n) is 10.9. The zero-order chi connectivity index (χ0) is 13.0. The Morgan fingerprint density at radius 1 is 1.39 bits per heavy atom. The molecule has 1 aliphatic heterocycles. The number of carbonyl (C=O) groups is 1. The van der Waals surface area contributed by atoms with Gasteiger partial charge in [0.1, 0.15) is 5.92 Å². The molecule has 0 fully saturated rings. The molecule has 1 unspecified atom stereocenters. The highest BCUT2D eigenvalue weighted by Crippen LogP contribution is 2.30. The van der Waals surface area contributed by atoms with Crippen LogP contribution in [0.5, 0.6) is 0 Å². The van der Waals surface area contributed by atoms with E-state index in [0.717, 1.165) is 30.8 Å². The van der Waals surface area contributed by atoms with Gasteiger partial charge in [-0.2, -0.15) is 0 Å². The quantitative estimate of drug-likeness (QED) is 0.634. The van der Waals surface area contributed by atoms with E-state index in [1.807, 2.05) is 38.4 Å². The first-order valence-electron chi connectivity index (χ1n) is 6.23. The van der Waals surface area contributed by atoms with Crippen LogP contribution in [0.25, 0.3) is 0 Å². The maximum atomic E-state index is 11.8. The second-order valence-electron chi connectivity index (χ2n) is 4.77. The number of rotatable bonds is 5. The van der Waals surface area contributed by atoms with E-state index in [2.05, 4.69) is 15.2 Å². The molecular weight excluding hydrogens is 226 g/mol. The Balaban J connectivity index is 1.93. The van der Waals surface area contributed by atoms with Crippen LogP contribution in [0, 0.1) is 0 Å². The summed E-state index contributed by atoms with van der Waals surface area (Å²) in [5, 5.41) is 2.87. The molecule has 0 radical (unpaired) electrons. The van der Waals surface area contributed by atoms with Crippen LogP contribution in [0.1, 0.15) is 17.9 Å². The Hall–Kier alpha value is -1.68. The van der Waals surface area contributed by atoms with Crippen LogP contribution >= 0.6 is 0 Å².